The van der Waals surface area contributed by atoms with Crippen molar-refractivity contribution in [2.24, 2.45) is 0 Å². The standard InChI is InChI=1S/C28H31Cl2N3O4S/c1-4-25(28(35)31-20(2)3)32(18-21-11-7-5-8-12-21)27(34)19-33(26-17-22(29)15-16-24(26)30)38(36,37)23-13-9-6-10-14-23/h5-17,20,25H,4,18-19H2,1-3H3,(H,31,35)/t25-/m1/s1. The minimum atomic E-state index is -4.22. The number of benzene rings is 3. The van der Waals surface area contributed by atoms with E-state index in [0.717, 1.165) is 9.87 Å². The maximum absolute atomic E-state index is 14.0. The summed E-state index contributed by atoms with van der Waals surface area (Å²) in [5.41, 5.74) is 0.866. The Morgan fingerprint density at radius 1 is 0.921 bits per heavy atom. The molecule has 0 bridgehead atoms. The lowest BCUT2D eigenvalue weighted by Crippen LogP contribution is -2.53. The second kappa shape index (κ2) is 13.1. The maximum atomic E-state index is 14.0. The van der Waals surface area contributed by atoms with E-state index in [0.29, 0.717) is 6.42 Å². The van der Waals surface area contributed by atoms with Crippen LogP contribution in [0, 0.1) is 0 Å². The summed E-state index contributed by atoms with van der Waals surface area (Å²) in [5, 5.41) is 3.24. The lowest BCUT2D eigenvalue weighted by atomic mass is 10.1. The van der Waals surface area contributed by atoms with Gasteiger partial charge in [0.2, 0.25) is 11.8 Å². The minimum absolute atomic E-state index is 0.0111. The zero-order chi connectivity index (χ0) is 27.9. The van der Waals surface area contributed by atoms with Gasteiger partial charge in [0, 0.05) is 17.6 Å². The molecule has 0 saturated heterocycles. The Labute approximate surface area is 234 Å². The van der Waals surface area contributed by atoms with E-state index in [1.807, 2.05) is 51.1 Å². The first kappa shape index (κ1) is 29.5. The molecule has 0 aliphatic rings. The van der Waals surface area contributed by atoms with Crippen LogP contribution in [0.25, 0.3) is 0 Å². The van der Waals surface area contributed by atoms with Gasteiger partial charge in [-0.1, -0.05) is 78.7 Å². The first-order chi connectivity index (χ1) is 18.0. The van der Waals surface area contributed by atoms with E-state index in [1.54, 1.807) is 18.2 Å². The molecule has 0 unspecified atom stereocenters. The highest BCUT2D eigenvalue weighted by atomic mass is 35.5. The van der Waals surface area contributed by atoms with E-state index in [9.17, 15) is 18.0 Å². The fourth-order valence-corrected chi connectivity index (χ4v) is 5.87. The molecule has 0 aliphatic carbocycles. The van der Waals surface area contributed by atoms with Crippen molar-refractivity contribution in [2.45, 2.75) is 50.7 Å². The van der Waals surface area contributed by atoms with Crippen molar-refractivity contribution in [3.8, 4) is 0 Å². The highest BCUT2D eigenvalue weighted by molar-refractivity contribution is 7.92. The van der Waals surface area contributed by atoms with Gasteiger partial charge < -0.3 is 10.2 Å². The maximum Gasteiger partial charge on any atom is 0.264 e. The number of carbonyl (C=O) groups is 2. The number of amides is 2. The number of hydrogen-bond acceptors (Lipinski definition) is 4. The smallest absolute Gasteiger partial charge is 0.264 e. The SMILES string of the molecule is CC[C@H](C(=O)NC(C)C)N(Cc1ccccc1)C(=O)CN(c1cc(Cl)ccc1Cl)S(=O)(=O)c1ccccc1. The van der Waals surface area contributed by atoms with Crippen LogP contribution in [-0.2, 0) is 26.2 Å². The first-order valence-corrected chi connectivity index (χ1v) is 14.4. The molecular weight excluding hydrogens is 545 g/mol. The molecule has 0 spiro atoms. The summed E-state index contributed by atoms with van der Waals surface area (Å²) < 4.78 is 28.6. The molecular formula is C28H31Cl2N3O4S. The predicted molar refractivity (Wildman–Crippen MR) is 152 cm³/mol. The Balaban J connectivity index is 2.08. The summed E-state index contributed by atoms with van der Waals surface area (Å²) in [6.07, 6.45) is 0.334. The Morgan fingerprint density at radius 3 is 2.11 bits per heavy atom. The van der Waals surface area contributed by atoms with Gasteiger partial charge in [-0.25, -0.2) is 8.42 Å². The topological polar surface area (TPSA) is 86.8 Å². The molecule has 3 aromatic rings. The van der Waals surface area contributed by atoms with Gasteiger partial charge in [-0.05, 0) is 56.2 Å². The Bertz CT molecular complexity index is 1350. The zero-order valence-electron chi connectivity index (χ0n) is 21.5. The Hall–Kier alpha value is -3.07. The molecule has 38 heavy (non-hydrogen) atoms. The van der Waals surface area contributed by atoms with Crippen LogP contribution in [0.1, 0.15) is 32.8 Å². The van der Waals surface area contributed by atoms with Crippen LogP contribution >= 0.6 is 23.2 Å². The lowest BCUT2D eigenvalue weighted by molar-refractivity contribution is -0.140. The van der Waals surface area contributed by atoms with Crippen molar-refractivity contribution in [1.82, 2.24) is 10.2 Å². The number of halogens is 2. The van der Waals surface area contributed by atoms with E-state index in [-0.39, 0.29) is 39.1 Å². The third-order valence-corrected chi connectivity index (χ3v) is 8.13. The van der Waals surface area contributed by atoms with Gasteiger partial charge >= 0.3 is 0 Å². The minimum Gasteiger partial charge on any atom is -0.352 e. The quantitative estimate of drug-likeness (QED) is 0.326. The molecule has 2 amide bonds. The largest absolute Gasteiger partial charge is 0.352 e. The molecule has 1 N–H and O–H groups in total. The molecule has 10 heteroatoms. The van der Waals surface area contributed by atoms with Crippen LogP contribution in [0.4, 0.5) is 5.69 Å². The fourth-order valence-electron chi connectivity index (χ4n) is 3.99. The van der Waals surface area contributed by atoms with Crippen LogP contribution in [0.5, 0.6) is 0 Å². The Morgan fingerprint density at radius 2 is 1.53 bits per heavy atom. The van der Waals surface area contributed by atoms with Crippen molar-refractivity contribution in [1.29, 1.82) is 0 Å². The molecule has 7 nitrogen and oxygen atoms in total. The zero-order valence-corrected chi connectivity index (χ0v) is 23.8. The molecule has 202 valence electrons. The van der Waals surface area contributed by atoms with E-state index in [2.05, 4.69) is 5.32 Å². The van der Waals surface area contributed by atoms with Gasteiger partial charge in [0.1, 0.15) is 12.6 Å². The molecule has 3 aromatic carbocycles. The lowest BCUT2D eigenvalue weighted by Gasteiger charge is -2.33. The summed E-state index contributed by atoms with van der Waals surface area (Å²) >= 11 is 12.6. The van der Waals surface area contributed by atoms with Crippen LogP contribution in [-0.4, -0.2) is 43.8 Å². The number of anilines is 1. The van der Waals surface area contributed by atoms with Crippen molar-refractivity contribution in [3.63, 3.8) is 0 Å². The monoisotopic (exact) mass is 575 g/mol. The third-order valence-electron chi connectivity index (χ3n) is 5.80. The number of nitrogens with zero attached hydrogens (tertiary/aromatic N) is 2. The molecule has 0 fully saturated rings. The molecule has 0 aliphatic heterocycles. The molecule has 0 saturated carbocycles. The summed E-state index contributed by atoms with van der Waals surface area (Å²) in [6.45, 7) is 5.01. The molecule has 3 rings (SSSR count). The van der Waals surface area contributed by atoms with Gasteiger partial charge in [-0.2, -0.15) is 0 Å². The summed E-state index contributed by atoms with van der Waals surface area (Å²) in [6, 6.07) is 20.5. The fraction of sp³-hybridized carbons (Fsp3) is 0.286. The van der Waals surface area contributed by atoms with Crippen LogP contribution in [0.2, 0.25) is 10.0 Å². The molecule has 0 radical (unpaired) electrons. The number of nitrogens with one attached hydrogen (secondary N) is 1. The molecule has 0 aromatic heterocycles. The highest BCUT2D eigenvalue weighted by Gasteiger charge is 2.34. The Kier molecular flexibility index (Phi) is 10.2. The van der Waals surface area contributed by atoms with E-state index in [1.165, 1.54) is 35.2 Å². The molecule has 1 atom stereocenters. The van der Waals surface area contributed by atoms with Crippen LogP contribution in [0.3, 0.4) is 0 Å². The number of sulfonamides is 1. The van der Waals surface area contributed by atoms with Crippen LogP contribution in [0.15, 0.2) is 83.8 Å². The summed E-state index contributed by atoms with van der Waals surface area (Å²) in [5.74, 6) is -0.875. The normalized spacial score (nSPS) is 12.2. The molecule has 0 heterocycles. The first-order valence-electron chi connectivity index (χ1n) is 12.2. The van der Waals surface area contributed by atoms with Crippen molar-refractivity contribution in [3.05, 3.63) is 94.5 Å². The average molecular weight is 577 g/mol. The highest BCUT2D eigenvalue weighted by Crippen LogP contribution is 2.33. The average Bonchev–Trinajstić information content (AvgIpc) is 2.89. The number of carbonyl (C=O) groups excluding carboxylic acids is 2. The van der Waals surface area contributed by atoms with Gasteiger partial charge in [-0.3, -0.25) is 13.9 Å². The van der Waals surface area contributed by atoms with Crippen molar-refractivity contribution >= 4 is 50.7 Å². The van der Waals surface area contributed by atoms with Gasteiger partial charge in [0.05, 0.1) is 15.6 Å². The van der Waals surface area contributed by atoms with Crippen molar-refractivity contribution < 1.29 is 18.0 Å². The second-order valence-corrected chi connectivity index (χ2v) is 11.7. The summed E-state index contributed by atoms with van der Waals surface area (Å²) in [7, 11) is -4.22. The number of hydrogen-bond donors (Lipinski definition) is 1. The van der Waals surface area contributed by atoms with Gasteiger partial charge in [0.25, 0.3) is 10.0 Å². The second-order valence-electron chi connectivity index (χ2n) is 9.02. The van der Waals surface area contributed by atoms with Crippen molar-refractivity contribution in [2.75, 3.05) is 10.8 Å². The van der Waals surface area contributed by atoms with E-state index in [4.69, 9.17) is 23.2 Å². The van der Waals surface area contributed by atoms with Gasteiger partial charge in [-0.15, -0.1) is 0 Å². The third kappa shape index (κ3) is 7.28. The summed E-state index contributed by atoms with van der Waals surface area (Å²) in [4.78, 5) is 28.5. The number of rotatable bonds is 11. The van der Waals surface area contributed by atoms with E-state index < -0.39 is 28.5 Å². The van der Waals surface area contributed by atoms with Crippen LogP contribution < -0.4 is 9.62 Å². The van der Waals surface area contributed by atoms with Gasteiger partial charge in [0.15, 0.2) is 0 Å². The predicted octanol–water partition coefficient (Wildman–Crippen LogP) is 5.52. The van der Waals surface area contributed by atoms with E-state index >= 15 is 0 Å².